The summed E-state index contributed by atoms with van der Waals surface area (Å²) in [5.74, 6) is 0. The minimum absolute atomic E-state index is 0.405. The van der Waals surface area contributed by atoms with Gasteiger partial charge in [0.05, 0.1) is 5.69 Å². The van der Waals surface area contributed by atoms with Crippen LogP contribution in [0, 0.1) is 0 Å². The number of thiol groups is 1. The molecule has 6 heteroatoms. The molecular formula is C8H8BNO2S2. The van der Waals surface area contributed by atoms with Crippen LogP contribution < -0.4 is 11.2 Å². The van der Waals surface area contributed by atoms with Gasteiger partial charge in [-0.25, -0.2) is 0 Å². The average Bonchev–Trinajstić information content (AvgIpc) is 2.46. The predicted molar refractivity (Wildman–Crippen MR) is 63.3 cm³/mol. The minimum Gasteiger partial charge on any atom is -0.423 e. The maximum Gasteiger partial charge on any atom is 0.489 e. The SMILES string of the molecule is Nc1csc2cc(B(O)O)c(S)cc12. The van der Waals surface area contributed by atoms with Gasteiger partial charge in [0.25, 0.3) is 0 Å². The van der Waals surface area contributed by atoms with Gasteiger partial charge in [0, 0.05) is 20.4 Å². The molecule has 4 N–H and O–H groups in total. The molecule has 0 radical (unpaired) electrons. The first-order valence-electron chi connectivity index (χ1n) is 3.95. The molecule has 0 unspecified atom stereocenters. The van der Waals surface area contributed by atoms with E-state index in [1.54, 1.807) is 12.1 Å². The molecule has 0 atom stereocenters. The molecule has 1 aromatic heterocycles. The van der Waals surface area contributed by atoms with E-state index in [1.165, 1.54) is 11.3 Å². The molecule has 14 heavy (non-hydrogen) atoms. The number of hydrogen-bond acceptors (Lipinski definition) is 5. The summed E-state index contributed by atoms with van der Waals surface area (Å²) in [4.78, 5) is 0.539. The molecule has 0 amide bonds. The van der Waals surface area contributed by atoms with Gasteiger partial charge >= 0.3 is 7.12 Å². The smallest absolute Gasteiger partial charge is 0.423 e. The van der Waals surface area contributed by atoms with Crippen LogP contribution in [-0.2, 0) is 0 Å². The average molecular weight is 225 g/mol. The molecule has 3 nitrogen and oxygen atoms in total. The van der Waals surface area contributed by atoms with Crippen molar-refractivity contribution in [2.75, 3.05) is 5.73 Å². The molecule has 0 aliphatic heterocycles. The summed E-state index contributed by atoms with van der Waals surface area (Å²) in [7, 11) is -1.49. The largest absolute Gasteiger partial charge is 0.489 e. The molecule has 1 heterocycles. The van der Waals surface area contributed by atoms with Crippen LogP contribution in [0.25, 0.3) is 10.1 Å². The van der Waals surface area contributed by atoms with Gasteiger partial charge in [-0.05, 0) is 17.6 Å². The maximum absolute atomic E-state index is 9.05. The fourth-order valence-corrected chi connectivity index (χ4v) is 2.49. The van der Waals surface area contributed by atoms with Crippen molar-refractivity contribution in [3.05, 3.63) is 17.5 Å². The molecule has 0 saturated heterocycles. The van der Waals surface area contributed by atoms with Crippen molar-refractivity contribution in [2.45, 2.75) is 4.90 Å². The fourth-order valence-electron chi connectivity index (χ4n) is 1.30. The zero-order valence-electron chi connectivity index (χ0n) is 7.14. The van der Waals surface area contributed by atoms with Crippen LogP contribution in [0.5, 0.6) is 0 Å². The monoisotopic (exact) mass is 225 g/mol. The lowest BCUT2D eigenvalue weighted by Gasteiger charge is -2.03. The Balaban J connectivity index is 2.72. The Morgan fingerprint density at radius 3 is 2.71 bits per heavy atom. The Hall–Kier alpha value is -0.685. The Morgan fingerprint density at radius 1 is 1.36 bits per heavy atom. The zero-order valence-corrected chi connectivity index (χ0v) is 8.85. The second-order valence-corrected chi connectivity index (χ2v) is 4.36. The fraction of sp³-hybridized carbons (Fsp3) is 0. The molecule has 0 fully saturated rings. The van der Waals surface area contributed by atoms with Gasteiger partial charge in [0.1, 0.15) is 0 Å². The highest BCUT2D eigenvalue weighted by Gasteiger charge is 2.16. The highest BCUT2D eigenvalue weighted by atomic mass is 32.1. The van der Waals surface area contributed by atoms with Crippen molar-refractivity contribution >= 4 is 52.3 Å². The lowest BCUT2D eigenvalue weighted by atomic mass is 9.80. The van der Waals surface area contributed by atoms with Crippen LogP contribution in [0.4, 0.5) is 5.69 Å². The van der Waals surface area contributed by atoms with E-state index in [2.05, 4.69) is 12.6 Å². The van der Waals surface area contributed by atoms with Gasteiger partial charge in [0.2, 0.25) is 0 Å². The van der Waals surface area contributed by atoms with Gasteiger partial charge in [-0.15, -0.1) is 24.0 Å². The number of nitrogen functional groups attached to an aromatic ring is 1. The molecule has 2 aromatic rings. The minimum atomic E-state index is -1.49. The summed E-state index contributed by atoms with van der Waals surface area (Å²) in [6.07, 6.45) is 0. The third kappa shape index (κ3) is 1.50. The topological polar surface area (TPSA) is 66.5 Å². The molecule has 0 bridgehead atoms. The van der Waals surface area contributed by atoms with Crippen LogP contribution in [0.3, 0.4) is 0 Å². The van der Waals surface area contributed by atoms with Gasteiger partial charge in [-0.1, -0.05) is 0 Å². The number of thiophene rings is 1. The number of benzene rings is 1. The number of rotatable bonds is 1. The van der Waals surface area contributed by atoms with Gasteiger partial charge in [-0.2, -0.15) is 0 Å². The Morgan fingerprint density at radius 2 is 2.07 bits per heavy atom. The van der Waals surface area contributed by atoms with Crippen molar-refractivity contribution in [3.63, 3.8) is 0 Å². The first kappa shape index (κ1) is 9.85. The molecule has 1 aromatic carbocycles. The molecule has 0 spiro atoms. The third-order valence-corrected chi connectivity index (χ3v) is 3.38. The Kier molecular flexibility index (Phi) is 2.44. The molecule has 2 rings (SSSR count). The van der Waals surface area contributed by atoms with E-state index in [0.29, 0.717) is 16.0 Å². The van der Waals surface area contributed by atoms with Crippen LogP contribution in [0.2, 0.25) is 0 Å². The number of hydrogen-bond donors (Lipinski definition) is 4. The van der Waals surface area contributed by atoms with Crippen molar-refractivity contribution < 1.29 is 10.0 Å². The van der Waals surface area contributed by atoms with E-state index < -0.39 is 7.12 Å². The van der Waals surface area contributed by atoms with E-state index in [1.807, 2.05) is 5.38 Å². The molecule has 0 aliphatic carbocycles. The van der Waals surface area contributed by atoms with Crippen molar-refractivity contribution in [3.8, 4) is 0 Å². The predicted octanol–water partition coefficient (Wildman–Crippen LogP) is 0.452. The lowest BCUT2D eigenvalue weighted by molar-refractivity contribution is 0.425. The first-order chi connectivity index (χ1) is 6.59. The van der Waals surface area contributed by atoms with Gasteiger partial charge in [-0.3, -0.25) is 0 Å². The molecule has 72 valence electrons. The van der Waals surface area contributed by atoms with E-state index in [4.69, 9.17) is 15.8 Å². The zero-order chi connectivity index (χ0) is 10.3. The highest BCUT2D eigenvalue weighted by molar-refractivity contribution is 7.80. The van der Waals surface area contributed by atoms with Crippen LogP contribution in [0.1, 0.15) is 0 Å². The lowest BCUT2D eigenvalue weighted by Crippen LogP contribution is -2.30. The van der Waals surface area contributed by atoms with E-state index in [0.717, 1.165) is 10.1 Å². The highest BCUT2D eigenvalue weighted by Crippen LogP contribution is 2.28. The number of nitrogens with two attached hydrogens (primary N) is 1. The van der Waals surface area contributed by atoms with Gasteiger partial charge in [0.15, 0.2) is 0 Å². The number of anilines is 1. The molecular weight excluding hydrogens is 217 g/mol. The summed E-state index contributed by atoms with van der Waals surface area (Å²) >= 11 is 5.64. The van der Waals surface area contributed by atoms with Crippen molar-refractivity contribution in [2.24, 2.45) is 0 Å². The Labute approximate surface area is 90.7 Å². The van der Waals surface area contributed by atoms with E-state index >= 15 is 0 Å². The van der Waals surface area contributed by atoms with Crippen LogP contribution in [0.15, 0.2) is 22.4 Å². The molecule has 0 saturated carbocycles. The summed E-state index contributed by atoms with van der Waals surface area (Å²) in [5.41, 5.74) is 6.82. The standard InChI is InChI=1S/C8H8BNO2S2/c10-6-3-14-8-2-5(9(11)12)7(13)1-4(6)8/h1-3,11-13H,10H2. The first-order valence-corrected chi connectivity index (χ1v) is 5.28. The summed E-state index contributed by atoms with van der Waals surface area (Å²) < 4.78 is 0.934. The van der Waals surface area contributed by atoms with E-state index in [-0.39, 0.29) is 0 Å². The number of fused-ring (bicyclic) bond motifs is 1. The van der Waals surface area contributed by atoms with Crippen molar-refractivity contribution in [1.82, 2.24) is 0 Å². The van der Waals surface area contributed by atoms with Crippen LogP contribution >= 0.6 is 24.0 Å². The van der Waals surface area contributed by atoms with Crippen molar-refractivity contribution in [1.29, 1.82) is 0 Å². The summed E-state index contributed by atoms with van der Waals surface area (Å²) in [6, 6.07) is 3.45. The quantitative estimate of drug-likeness (QED) is 0.421. The van der Waals surface area contributed by atoms with Gasteiger partial charge < -0.3 is 15.8 Å². The summed E-state index contributed by atoms with van der Waals surface area (Å²) in [6.45, 7) is 0. The second-order valence-electron chi connectivity index (χ2n) is 2.97. The second kappa shape index (κ2) is 3.47. The summed E-state index contributed by atoms with van der Waals surface area (Å²) in [5, 5.41) is 20.8. The third-order valence-electron chi connectivity index (χ3n) is 2.03. The molecule has 0 aliphatic rings. The maximum atomic E-state index is 9.05. The van der Waals surface area contributed by atoms with Crippen LogP contribution in [-0.4, -0.2) is 17.2 Å². The Bertz CT molecular complexity index is 483. The normalized spacial score (nSPS) is 10.8. The van der Waals surface area contributed by atoms with E-state index in [9.17, 15) is 0 Å².